The number of ether oxygens (including phenoxy) is 1. The molecule has 3 aromatic rings. The summed E-state index contributed by atoms with van der Waals surface area (Å²) in [5.41, 5.74) is 4.36. The minimum atomic E-state index is -1.82. The van der Waals surface area contributed by atoms with Gasteiger partial charge in [-0.05, 0) is 24.3 Å². The number of carboxylic acid groups (broad SMARTS) is 2. The van der Waals surface area contributed by atoms with Crippen LogP contribution in [0, 0.1) is 0 Å². The fourth-order valence-corrected chi connectivity index (χ4v) is 3.28. The van der Waals surface area contributed by atoms with E-state index in [1.165, 1.54) is 5.69 Å². The van der Waals surface area contributed by atoms with Crippen LogP contribution in [-0.2, 0) is 16.1 Å². The molecule has 0 radical (unpaired) electrons. The van der Waals surface area contributed by atoms with E-state index in [4.69, 9.17) is 29.5 Å². The number of nitrogens with zero attached hydrogens (tertiary/aromatic N) is 3. The Morgan fingerprint density at radius 3 is 2.50 bits per heavy atom. The molecule has 0 saturated carbocycles. The van der Waals surface area contributed by atoms with Gasteiger partial charge in [-0.3, -0.25) is 4.90 Å². The molecule has 0 spiro atoms. The molecule has 1 fully saturated rings. The van der Waals surface area contributed by atoms with E-state index < -0.39 is 11.9 Å². The SMILES string of the molecule is COc1cccc(-c2nc3ccccn3c2CN2CCNCC2)c1.O=C(O)C(=O)O. The lowest BCUT2D eigenvalue weighted by Gasteiger charge is -2.27. The summed E-state index contributed by atoms with van der Waals surface area (Å²) < 4.78 is 7.59. The smallest absolute Gasteiger partial charge is 0.414 e. The average Bonchev–Trinajstić information content (AvgIpc) is 3.13. The second-order valence-corrected chi connectivity index (χ2v) is 6.70. The Kier molecular flexibility index (Phi) is 6.99. The van der Waals surface area contributed by atoms with Crippen LogP contribution in [0.4, 0.5) is 0 Å². The van der Waals surface area contributed by atoms with Crippen molar-refractivity contribution in [2.75, 3.05) is 33.3 Å². The average molecular weight is 412 g/mol. The number of pyridine rings is 1. The van der Waals surface area contributed by atoms with Gasteiger partial charge in [0.1, 0.15) is 11.4 Å². The van der Waals surface area contributed by atoms with Crippen LogP contribution in [0.15, 0.2) is 48.7 Å². The number of fused-ring (bicyclic) bond motifs is 1. The number of rotatable bonds is 4. The number of hydrogen-bond donors (Lipinski definition) is 3. The maximum Gasteiger partial charge on any atom is 0.414 e. The summed E-state index contributed by atoms with van der Waals surface area (Å²) in [5.74, 6) is -2.79. The van der Waals surface area contributed by atoms with Gasteiger partial charge in [0.15, 0.2) is 0 Å². The molecule has 1 aliphatic rings. The molecular formula is C21H24N4O5. The summed E-state index contributed by atoms with van der Waals surface area (Å²) in [4.78, 5) is 25.6. The molecule has 1 aromatic carbocycles. The summed E-state index contributed by atoms with van der Waals surface area (Å²) in [5, 5.41) is 18.2. The minimum Gasteiger partial charge on any atom is -0.497 e. The van der Waals surface area contributed by atoms with Crippen LogP contribution in [0.25, 0.3) is 16.9 Å². The number of aliphatic carboxylic acids is 2. The molecule has 1 saturated heterocycles. The van der Waals surface area contributed by atoms with Gasteiger partial charge in [-0.25, -0.2) is 14.6 Å². The van der Waals surface area contributed by atoms with Crippen molar-refractivity contribution in [2.24, 2.45) is 0 Å². The Bertz CT molecular complexity index is 1020. The number of aromatic nitrogens is 2. The van der Waals surface area contributed by atoms with Crippen LogP contribution in [0.3, 0.4) is 0 Å². The third-order valence-electron chi connectivity index (χ3n) is 4.74. The van der Waals surface area contributed by atoms with Crippen LogP contribution < -0.4 is 10.1 Å². The fraction of sp³-hybridized carbons (Fsp3) is 0.286. The lowest BCUT2D eigenvalue weighted by Crippen LogP contribution is -2.43. The molecule has 4 rings (SSSR count). The second kappa shape index (κ2) is 9.86. The quantitative estimate of drug-likeness (QED) is 0.553. The first-order valence-corrected chi connectivity index (χ1v) is 9.49. The number of hydrogen-bond acceptors (Lipinski definition) is 6. The molecule has 1 aliphatic heterocycles. The van der Waals surface area contributed by atoms with Crippen molar-refractivity contribution in [3.63, 3.8) is 0 Å². The lowest BCUT2D eigenvalue weighted by atomic mass is 10.1. The first kappa shape index (κ1) is 21.3. The van der Waals surface area contributed by atoms with Gasteiger partial charge in [0, 0.05) is 44.5 Å². The van der Waals surface area contributed by atoms with Crippen LogP contribution in [0.2, 0.25) is 0 Å². The third-order valence-corrected chi connectivity index (χ3v) is 4.74. The highest BCUT2D eigenvalue weighted by molar-refractivity contribution is 6.27. The molecule has 9 nitrogen and oxygen atoms in total. The Labute approximate surface area is 173 Å². The fourth-order valence-electron chi connectivity index (χ4n) is 3.28. The largest absolute Gasteiger partial charge is 0.497 e. The molecule has 0 bridgehead atoms. The molecule has 158 valence electrons. The molecular weight excluding hydrogens is 388 g/mol. The Hall–Kier alpha value is -3.43. The van der Waals surface area contributed by atoms with E-state index in [0.717, 1.165) is 55.4 Å². The van der Waals surface area contributed by atoms with Crippen LogP contribution in [-0.4, -0.2) is 69.7 Å². The lowest BCUT2D eigenvalue weighted by molar-refractivity contribution is -0.159. The first-order valence-electron chi connectivity index (χ1n) is 9.49. The van der Waals surface area contributed by atoms with E-state index in [2.05, 4.69) is 45.1 Å². The number of carbonyl (C=O) groups is 2. The molecule has 30 heavy (non-hydrogen) atoms. The zero-order valence-electron chi connectivity index (χ0n) is 16.6. The molecule has 3 N–H and O–H groups in total. The van der Waals surface area contributed by atoms with Crippen molar-refractivity contribution in [3.05, 3.63) is 54.4 Å². The molecule has 3 heterocycles. The second-order valence-electron chi connectivity index (χ2n) is 6.70. The van der Waals surface area contributed by atoms with Crippen molar-refractivity contribution in [2.45, 2.75) is 6.54 Å². The summed E-state index contributed by atoms with van der Waals surface area (Å²) in [7, 11) is 1.70. The van der Waals surface area contributed by atoms with E-state index in [1.54, 1.807) is 7.11 Å². The van der Waals surface area contributed by atoms with E-state index in [1.807, 2.05) is 18.2 Å². The Morgan fingerprint density at radius 2 is 1.83 bits per heavy atom. The summed E-state index contributed by atoms with van der Waals surface area (Å²) in [6.07, 6.45) is 2.10. The molecule has 2 aromatic heterocycles. The van der Waals surface area contributed by atoms with E-state index >= 15 is 0 Å². The van der Waals surface area contributed by atoms with Crippen molar-refractivity contribution in [3.8, 4) is 17.0 Å². The maximum atomic E-state index is 9.10. The first-order chi connectivity index (χ1) is 14.5. The topological polar surface area (TPSA) is 116 Å². The van der Waals surface area contributed by atoms with Crippen molar-refractivity contribution >= 4 is 17.6 Å². The highest BCUT2D eigenvalue weighted by Gasteiger charge is 2.18. The normalized spacial score (nSPS) is 14.0. The Morgan fingerprint density at radius 1 is 1.10 bits per heavy atom. The van der Waals surface area contributed by atoms with Gasteiger partial charge in [0.2, 0.25) is 0 Å². The molecule has 9 heteroatoms. The monoisotopic (exact) mass is 412 g/mol. The van der Waals surface area contributed by atoms with E-state index in [-0.39, 0.29) is 0 Å². The van der Waals surface area contributed by atoms with Crippen LogP contribution in [0.1, 0.15) is 5.69 Å². The molecule has 0 atom stereocenters. The van der Waals surface area contributed by atoms with Gasteiger partial charge < -0.3 is 24.7 Å². The maximum absolute atomic E-state index is 9.10. The van der Waals surface area contributed by atoms with Crippen LogP contribution in [0.5, 0.6) is 5.75 Å². The highest BCUT2D eigenvalue weighted by atomic mass is 16.5. The number of piperazine rings is 1. The standard InChI is InChI=1S/C19H22N4O.C2H2O4/c1-24-16-6-4-5-15(13-16)19-17(14-22-11-8-20-9-12-22)23-10-3-2-7-18(23)21-19;3-1(4)2(5)6/h2-7,10,13,20H,8-9,11-12,14H2,1H3;(H,3,4)(H,5,6). The summed E-state index contributed by atoms with van der Waals surface area (Å²) >= 11 is 0. The Balaban J connectivity index is 0.000000377. The molecule has 0 unspecified atom stereocenters. The number of methoxy groups -OCH3 is 1. The molecule has 0 aliphatic carbocycles. The van der Waals surface area contributed by atoms with Gasteiger partial charge >= 0.3 is 11.9 Å². The van der Waals surface area contributed by atoms with Gasteiger partial charge in [0.25, 0.3) is 0 Å². The zero-order chi connectivity index (χ0) is 21.5. The number of imidazole rings is 1. The number of benzene rings is 1. The van der Waals surface area contributed by atoms with Crippen molar-refractivity contribution < 1.29 is 24.5 Å². The molecule has 0 amide bonds. The van der Waals surface area contributed by atoms with E-state index in [9.17, 15) is 0 Å². The highest BCUT2D eigenvalue weighted by Crippen LogP contribution is 2.28. The zero-order valence-corrected chi connectivity index (χ0v) is 16.6. The van der Waals surface area contributed by atoms with Gasteiger partial charge in [-0.2, -0.15) is 0 Å². The third kappa shape index (κ3) is 5.13. The van der Waals surface area contributed by atoms with Crippen molar-refractivity contribution in [1.82, 2.24) is 19.6 Å². The number of nitrogens with one attached hydrogen (secondary N) is 1. The van der Waals surface area contributed by atoms with Gasteiger partial charge in [-0.1, -0.05) is 18.2 Å². The van der Waals surface area contributed by atoms with E-state index in [0.29, 0.717) is 0 Å². The summed E-state index contributed by atoms with van der Waals surface area (Å²) in [6.45, 7) is 5.13. The van der Waals surface area contributed by atoms with Gasteiger partial charge in [0.05, 0.1) is 18.5 Å². The summed E-state index contributed by atoms with van der Waals surface area (Å²) in [6, 6.07) is 14.3. The number of carboxylic acids is 2. The van der Waals surface area contributed by atoms with Crippen LogP contribution >= 0.6 is 0 Å². The predicted molar refractivity (Wildman–Crippen MR) is 111 cm³/mol. The van der Waals surface area contributed by atoms with Gasteiger partial charge in [-0.15, -0.1) is 0 Å². The predicted octanol–water partition coefficient (Wildman–Crippen LogP) is 1.57. The van der Waals surface area contributed by atoms with Crippen molar-refractivity contribution in [1.29, 1.82) is 0 Å². The minimum absolute atomic E-state index is 0.859.